The second kappa shape index (κ2) is 34.2. The van der Waals surface area contributed by atoms with Gasteiger partial charge in [0.2, 0.25) is 41.4 Å². The highest BCUT2D eigenvalue weighted by molar-refractivity contribution is 5.98. The van der Waals surface area contributed by atoms with Gasteiger partial charge < -0.3 is 52.2 Å². The van der Waals surface area contributed by atoms with Gasteiger partial charge in [0.15, 0.2) is 0 Å². The highest BCUT2D eigenvalue weighted by Gasteiger charge is 2.37. The molecule has 1 aliphatic rings. The number of hydrogen-bond acceptors (Lipinski definition) is 11. The number of hydrogen-bond donors (Lipinski definition) is 9. The van der Waals surface area contributed by atoms with Crippen molar-refractivity contribution in [2.75, 3.05) is 0 Å². The van der Waals surface area contributed by atoms with Crippen molar-refractivity contribution in [2.24, 2.45) is 35.5 Å². The van der Waals surface area contributed by atoms with Gasteiger partial charge in [-0.1, -0.05) is 128 Å². The molecule has 8 atom stereocenters. The second-order valence-corrected chi connectivity index (χ2v) is 22.4. The van der Waals surface area contributed by atoms with E-state index in [0.29, 0.717) is 12.3 Å². The van der Waals surface area contributed by atoms with Crippen molar-refractivity contribution < 1.29 is 62.9 Å². The number of cyclic esters (lactones) is 1. The third-order valence-electron chi connectivity index (χ3n) is 12.4. The zero-order valence-corrected chi connectivity index (χ0v) is 46.0. The average molecular weight is 1040 g/mol. The van der Waals surface area contributed by atoms with E-state index in [1.807, 2.05) is 13.8 Å². The standard InChI is InChI=1S/C53H93N7O13/c1-30(2)20-18-16-14-13-15-17-19-21-36-28-43(61)54-37(22-23-44(62)63)47(66)55-38(24-31(3)4)48(67)57-40(26-33(7)8)51(70)60-46(35(11)12)52(71)58-41(29-45(64)65)50(69)56-39(25-32(5)6)49(68)59-42(27-34(9)10)53(72)73-36/h30-42,46H,13-29H2,1-12H3,(H,54,61)(H,55,66)(H,56,69)(H,57,67)(H,58,71)(H,59,68)(H,60,70)(H,62,63)(H,64,65)/t36-,37+,38+,39+,40-,41+,42+,46+/m1/s1. The lowest BCUT2D eigenvalue weighted by molar-refractivity contribution is -0.155. The molecule has 0 radical (unpaired) electrons. The summed E-state index contributed by atoms with van der Waals surface area (Å²) in [6.07, 6.45) is 5.02. The van der Waals surface area contributed by atoms with Crippen LogP contribution >= 0.6 is 0 Å². The van der Waals surface area contributed by atoms with Gasteiger partial charge in [-0.15, -0.1) is 0 Å². The van der Waals surface area contributed by atoms with E-state index in [2.05, 4.69) is 51.1 Å². The first-order valence-corrected chi connectivity index (χ1v) is 26.8. The third-order valence-corrected chi connectivity index (χ3v) is 12.4. The van der Waals surface area contributed by atoms with Crippen LogP contribution in [0.1, 0.15) is 192 Å². The highest BCUT2D eigenvalue weighted by Crippen LogP contribution is 2.19. The van der Waals surface area contributed by atoms with Gasteiger partial charge in [-0.25, -0.2) is 4.79 Å². The fourth-order valence-corrected chi connectivity index (χ4v) is 8.57. The highest BCUT2D eigenvalue weighted by atomic mass is 16.5. The second-order valence-electron chi connectivity index (χ2n) is 22.4. The van der Waals surface area contributed by atoms with Gasteiger partial charge in [0.25, 0.3) is 0 Å². The van der Waals surface area contributed by atoms with E-state index in [1.165, 1.54) is 0 Å². The molecule has 0 saturated carbocycles. The lowest BCUT2D eigenvalue weighted by atomic mass is 9.98. The predicted octanol–water partition coefficient (Wildman–Crippen LogP) is 5.04. The molecule has 1 fully saturated rings. The van der Waals surface area contributed by atoms with Gasteiger partial charge in [0, 0.05) is 6.42 Å². The molecule has 20 heteroatoms. The Morgan fingerprint density at radius 1 is 0.452 bits per heavy atom. The number of ether oxygens (including phenoxy) is 1. The Labute approximate surface area is 434 Å². The van der Waals surface area contributed by atoms with Crippen LogP contribution in [-0.4, -0.2) is 118 Å². The Hall–Kier alpha value is -5.30. The van der Waals surface area contributed by atoms with Crippen LogP contribution in [-0.2, 0) is 52.7 Å². The molecule has 0 aliphatic carbocycles. The molecule has 0 unspecified atom stereocenters. The topological polar surface area (TPSA) is 305 Å². The number of rotatable bonds is 24. The maximum atomic E-state index is 14.2. The Morgan fingerprint density at radius 3 is 1.29 bits per heavy atom. The summed E-state index contributed by atoms with van der Waals surface area (Å²) in [6, 6.07) is -9.64. The van der Waals surface area contributed by atoms with E-state index in [1.54, 1.807) is 55.4 Å². The van der Waals surface area contributed by atoms with Crippen molar-refractivity contribution in [1.29, 1.82) is 0 Å². The fourth-order valence-electron chi connectivity index (χ4n) is 8.57. The molecule has 1 aliphatic heterocycles. The Kier molecular flexibility index (Phi) is 30.8. The molecule has 0 spiro atoms. The summed E-state index contributed by atoms with van der Waals surface area (Å²) >= 11 is 0. The number of carbonyl (C=O) groups is 10. The van der Waals surface area contributed by atoms with Gasteiger partial charge in [0.05, 0.1) is 12.8 Å². The molecule has 73 heavy (non-hydrogen) atoms. The first kappa shape index (κ1) is 65.7. The van der Waals surface area contributed by atoms with Crippen LogP contribution in [0.5, 0.6) is 0 Å². The smallest absolute Gasteiger partial charge is 0.328 e. The molecule has 0 bridgehead atoms. The van der Waals surface area contributed by atoms with E-state index in [9.17, 15) is 58.2 Å². The summed E-state index contributed by atoms with van der Waals surface area (Å²) in [5, 5.41) is 37.9. The van der Waals surface area contributed by atoms with Crippen molar-refractivity contribution in [3.05, 3.63) is 0 Å². The van der Waals surface area contributed by atoms with Crippen molar-refractivity contribution in [3.8, 4) is 0 Å². The van der Waals surface area contributed by atoms with E-state index in [-0.39, 0.29) is 62.2 Å². The zero-order valence-electron chi connectivity index (χ0n) is 46.0. The number of carboxylic acid groups (broad SMARTS) is 2. The number of nitrogens with one attached hydrogen (secondary N) is 7. The molecule has 0 aromatic carbocycles. The Balaban J connectivity index is 3.95. The van der Waals surface area contributed by atoms with Crippen molar-refractivity contribution >= 4 is 59.3 Å². The maximum Gasteiger partial charge on any atom is 0.328 e. The molecule has 1 saturated heterocycles. The molecule has 9 N–H and O–H groups in total. The molecule has 0 aromatic rings. The summed E-state index contributed by atoms with van der Waals surface area (Å²) in [5.74, 6) is -10.1. The molecule has 1 heterocycles. The Morgan fingerprint density at radius 2 is 0.849 bits per heavy atom. The normalized spacial score (nSPS) is 24.0. The largest absolute Gasteiger partial charge is 0.481 e. The first-order valence-electron chi connectivity index (χ1n) is 26.8. The van der Waals surface area contributed by atoms with E-state index < -0.39 is 133 Å². The first-order chi connectivity index (χ1) is 34.1. The molecule has 0 aromatic heterocycles. The summed E-state index contributed by atoms with van der Waals surface area (Å²) in [6.45, 7) is 22.0. The van der Waals surface area contributed by atoms with Crippen molar-refractivity contribution in [3.63, 3.8) is 0 Å². The van der Waals surface area contributed by atoms with Crippen LogP contribution in [0.3, 0.4) is 0 Å². The molecule has 1 rings (SSSR count). The summed E-state index contributed by atoms with van der Waals surface area (Å²) < 4.78 is 6.04. The lowest BCUT2D eigenvalue weighted by Crippen LogP contribution is -2.61. The van der Waals surface area contributed by atoms with Gasteiger partial charge in [-0.2, -0.15) is 0 Å². The summed E-state index contributed by atoms with van der Waals surface area (Å²) in [4.78, 5) is 137. The lowest BCUT2D eigenvalue weighted by Gasteiger charge is -2.29. The van der Waals surface area contributed by atoms with Crippen LogP contribution in [0.25, 0.3) is 0 Å². The number of aliphatic carboxylic acids is 2. The molecule has 7 amide bonds. The van der Waals surface area contributed by atoms with Crippen molar-refractivity contribution in [1.82, 2.24) is 37.2 Å². The van der Waals surface area contributed by atoms with Gasteiger partial charge in [-0.3, -0.25) is 43.2 Å². The molecule has 418 valence electrons. The number of carboxylic acids is 2. The van der Waals surface area contributed by atoms with Gasteiger partial charge >= 0.3 is 17.9 Å². The number of esters is 1. The van der Waals surface area contributed by atoms with Crippen LogP contribution in [0.2, 0.25) is 0 Å². The molecular weight excluding hydrogens is 943 g/mol. The van der Waals surface area contributed by atoms with Crippen LogP contribution in [0, 0.1) is 35.5 Å². The van der Waals surface area contributed by atoms with Crippen molar-refractivity contribution in [2.45, 2.75) is 241 Å². The third kappa shape index (κ3) is 28.1. The van der Waals surface area contributed by atoms with Crippen LogP contribution in [0.15, 0.2) is 0 Å². The van der Waals surface area contributed by atoms with Crippen LogP contribution in [0.4, 0.5) is 0 Å². The predicted molar refractivity (Wildman–Crippen MR) is 276 cm³/mol. The minimum atomic E-state index is -1.72. The minimum absolute atomic E-state index is 0.0393. The summed E-state index contributed by atoms with van der Waals surface area (Å²) in [5.41, 5.74) is 0. The van der Waals surface area contributed by atoms with Gasteiger partial charge in [0.1, 0.15) is 48.4 Å². The molecule has 20 nitrogen and oxygen atoms in total. The minimum Gasteiger partial charge on any atom is -0.481 e. The van der Waals surface area contributed by atoms with Crippen LogP contribution < -0.4 is 37.2 Å². The maximum absolute atomic E-state index is 14.2. The van der Waals surface area contributed by atoms with Gasteiger partial charge in [-0.05, 0) is 80.5 Å². The number of amides is 7. The summed E-state index contributed by atoms with van der Waals surface area (Å²) in [7, 11) is 0. The zero-order chi connectivity index (χ0) is 55.5. The quantitative estimate of drug-likeness (QED) is 0.0453. The average Bonchev–Trinajstić information content (AvgIpc) is 3.26. The number of carbonyl (C=O) groups excluding carboxylic acids is 8. The fraction of sp³-hybridized carbons (Fsp3) is 0.811. The van der Waals surface area contributed by atoms with E-state index >= 15 is 0 Å². The molecular formula is C53H93N7O13. The number of unbranched alkanes of at least 4 members (excludes halogenated alkanes) is 6. The Bertz CT molecular complexity index is 1800. The van der Waals surface area contributed by atoms with E-state index in [4.69, 9.17) is 4.74 Å². The van der Waals surface area contributed by atoms with E-state index in [0.717, 1.165) is 44.9 Å². The SMILES string of the molecule is CC(C)CCCCCCCCC[C@@H]1CC(=O)N[C@@H](CCC(=O)O)C(=O)N[C@@H](CC(C)C)C(=O)N[C@H](CC(C)C)C(=O)N[C@@H](C(C)C)C(=O)N[C@@H](CC(=O)O)C(=O)N[C@@H](CC(C)C)C(=O)N[C@@H](CC(C)C)C(=O)O1. The monoisotopic (exact) mass is 1040 g/mol.